The Morgan fingerprint density at radius 3 is 2.42 bits per heavy atom. The number of ether oxygens (including phenoxy) is 2. The van der Waals surface area contributed by atoms with Gasteiger partial charge in [-0.05, 0) is 32.1 Å². The van der Waals surface area contributed by atoms with Crippen molar-refractivity contribution in [1.82, 2.24) is 5.32 Å². The number of alkyl carbamates (subject to hydrolysis) is 1. The molecule has 6 nitrogen and oxygen atoms in total. The Labute approximate surface area is 112 Å². The van der Waals surface area contributed by atoms with Crippen molar-refractivity contribution in [2.75, 3.05) is 6.54 Å². The number of hydrogen-bond donors (Lipinski definition) is 1. The Hall–Kier alpha value is -1.59. The third kappa shape index (κ3) is 6.79. The summed E-state index contributed by atoms with van der Waals surface area (Å²) in [7, 11) is 0. The number of rotatable bonds is 5. The lowest BCUT2D eigenvalue weighted by molar-refractivity contribution is -0.158. The highest BCUT2D eigenvalue weighted by atomic mass is 16.6. The van der Waals surface area contributed by atoms with E-state index in [4.69, 9.17) is 4.74 Å². The van der Waals surface area contributed by atoms with Crippen LogP contribution in [0.4, 0.5) is 4.79 Å². The smallest absolute Gasteiger partial charge is 0.407 e. The van der Waals surface area contributed by atoms with Gasteiger partial charge in [-0.1, -0.05) is 13.3 Å². The van der Waals surface area contributed by atoms with Crippen molar-refractivity contribution in [3.8, 4) is 0 Å². The van der Waals surface area contributed by atoms with Gasteiger partial charge < -0.3 is 14.8 Å². The van der Waals surface area contributed by atoms with Crippen LogP contribution in [0.15, 0.2) is 0 Å². The first-order chi connectivity index (χ1) is 9.11. The second-order valence-electron chi connectivity index (χ2n) is 4.61. The summed E-state index contributed by atoms with van der Waals surface area (Å²) in [6.07, 6.45) is 5.14. The van der Waals surface area contributed by atoms with E-state index >= 15 is 0 Å². The third-order valence-electron chi connectivity index (χ3n) is 2.88. The van der Waals surface area contributed by atoms with Crippen LogP contribution < -0.4 is 5.32 Å². The molecule has 108 valence electrons. The minimum Gasteiger partial charge on any atom is -0.446 e. The van der Waals surface area contributed by atoms with E-state index in [2.05, 4.69) is 10.1 Å². The third-order valence-corrected chi connectivity index (χ3v) is 2.88. The minimum absolute atomic E-state index is 0.0634. The van der Waals surface area contributed by atoms with Crippen LogP contribution in [0.3, 0.4) is 0 Å². The van der Waals surface area contributed by atoms with Gasteiger partial charge in [0.05, 0.1) is 0 Å². The van der Waals surface area contributed by atoms with Crippen LogP contribution >= 0.6 is 0 Å². The van der Waals surface area contributed by atoms with Gasteiger partial charge in [-0.3, -0.25) is 4.79 Å². The molecule has 0 aromatic carbocycles. The van der Waals surface area contributed by atoms with Crippen molar-refractivity contribution in [1.29, 1.82) is 0 Å². The maximum atomic E-state index is 11.4. The quantitative estimate of drug-likeness (QED) is 0.610. The minimum atomic E-state index is -0.765. The van der Waals surface area contributed by atoms with Crippen molar-refractivity contribution < 1.29 is 23.9 Å². The van der Waals surface area contributed by atoms with E-state index in [0.29, 0.717) is 6.42 Å². The van der Waals surface area contributed by atoms with Crippen LogP contribution in [0.1, 0.15) is 51.9 Å². The highest BCUT2D eigenvalue weighted by molar-refractivity contribution is 5.87. The lowest BCUT2D eigenvalue weighted by atomic mass is 9.98. The molecular weight excluding hydrogens is 250 g/mol. The zero-order chi connectivity index (χ0) is 14.1. The Morgan fingerprint density at radius 1 is 1.11 bits per heavy atom. The fourth-order valence-corrected chi connectivity index (χ4v) is 1.94. The lowest BCUT2D eigenvalue weighted by Gasteiger charge is -2.21. The molecule has 1 amide bonds. The highest BCUT2D eigenvalue weighted by Gasteiger charge is 2.18. The second-order valence-corrected chi connectivity index (χ2v) is 4.61. The molecule has 1 aliphatic rings. The number of nitrogens with one attached hydrogen (secondary N) is 1. The molecule has 1 rings (SSSR count). The predicted octanol–water partition coefficient (Wildman–Crippen LogP) is 1.92. The normalized spacial score (nSPS) is 15.6. The molecule has 1 saturated carbocycles. The molecule has 6 heteroatoms. The number of hydrogen-bond acceptors (Lipinski definition) is 5. The van der Waals surface area contributed by atoms with E-state index in [1.165, 1.54) is 6.42 Å². The monoisotopic (exact) mass is 271 g/mol. The molecule has 0 unspecified atom stereocenters. The second kappa shape index (κ2) is 8.50. The van der Waals surface area contributed by atoms with Crippen molar-refractivity contribution in [2.45, 2.75) is 58.0 Å². The van der Waals surface area contributed by atoms with Gasteiger partial charge in [0.1, 0.15) is 12.6 Å². The van der Waals surface area contributed by atoms with E-state index in [-0.39, 0.29) is 19.1 Å². The van der Waals surface area contributed by atoms with Crippen LogP contribution in [0, 0.1) is 0 Å². The van der Waals surface area contributed by atoms with Gasteiger partial charge in [-0.15, -0.1) is 0 Å². The molecule has 0 heterocycles. The molecular formula is C13H21NO5. The van der Waals surface area contributed by atoms with Crippen molar-refractivity contribution >= 4 is 18.0 Å². The Balaban J connectivity index is 2.14. The zero-order valence-electron chi connectivity index (χ0n) is 11.3. The van der Waals surface area contributed by atoms with Gasteiger partial charge in [0, 0.05) is 6.42 Å². The summed E-state index contributed by atoms with van der Waals surface area (Å²) in [6, 6.07) is 0. The summed E-state index contributed by atoms with van der Waals surface area (Å²) < 4.78 is 9.63. The Kier molecular flexibility index (Phi) is 6.92. The van der Waals surface area contributed by atoms with E-state index < -0.39 is 18.0 Å². The first-order valence-electron chi connectivity index (χ1n) is 6.79. The standard InChI is InChI=1S/C13H21NO5/c1-2-6-11(15)19-12(16)9-14-13(17)18-10-7-4-3-5-8-10/h10H,2-9H2,1H3,(H,14,17). The van der Waals surface area contributed by atoms with Crippen molar-refractivity contribution in [2.24, 2.45) is 0 Å². The largest absolute Gasteiger partial charge is 0.446 e. The summed E-state index contributed by atoms with van der Waals surface area (Å²) in [5.41, 5.74) is 0. The SMILES string of the molecule is CCCC(=O)OC(=O)CNC(=O)OC1CCCCC1. The fraction of sp³-hybridized carbons (Fsp3) is 0.769. The summed E-state index contributed by atoms with van der Waals surface area (Å²) in [5.74, 6) is -1.34. The Bertz CT molecular complexity index is 323. The van der Waals surface area contributed by atoms with Gasteiger partial charge in [-0.2, -0.15) is 0 Å². The summed E-state index contributed by atoms with van der Waals surface area (Å²) in [5, 5.41) is 2.29. The number of carbonyl (C=O) groups is 3. The average molecular weight is 271 g/mol. The van der Waals surface area contributed by atoms with E-state index in [1.54, 1.807) is 0 Å². The molecule has 0 aliphatic heterocycles. The zero-order valence-corrected chi connectivity index (χ0v) is 11.3. The average Bonchev–Trinajstić information content (AvgIpc) is 2.38. The van der Waals surface area contributed by atoms with E-state index in [9.17, 15) is 14.4 Å². The molecule has 0 aromatic heterocycles. The molecule has 1 fully saturated rings. The molecule has 0 spiro atoms. The van der Waals surface area contributed by atoms with Crippen molar-refractivity contribution in [3.05, 3.63) is 0 Å². The molecule has 0 atom stereocenters. The first kappa shape index (κ1) is 15.5. The van der Waals surface area contributed by atoms with Crippen molar-refractivity contribution in [3.63, 3.8) is 0 Å². The van der Waals surface area contributed by atoms with Gasteiger partial charge in [-0.25, -0.2) is 9.59 Å². The van der Waals surface area contributed by atoms with Crippen LogP contribution in [-0.4, -0.2) is 30.7 Å². The van der Waals surface area contributed by atoms with Crippen LogP contribution in [0.5, 0.6) is 0 Å². The van der Waals surface area contributed by atoms with E-state index in [1.807, 2.05) is 6.92 Å². The van der Waals surface area contributed by atoms with Gasteiger partial charge in [0.15, 0.2) is 0 Å². The molecule has 19 heavy (non-hydrogen) atoms. The molecule has 0 saturated heterocycles. The first-order valence-corrected chi connectivity index (χ1v) is 6.79. The highest BCUT2D eigenvalue weighted by Crippen LogP contribution is 2.20. The van der Waals surface area contributed by atoms with Gasteiger partial charge >= 0.3 is 18.0 Å². The number of esters is 2. The summed E-state index contributed by atoms with van der Waals surface area (Å²) in [4.78, 5) is 33.6. The van der Waals surface area contributed by atoms with Gasteiger partial charge in [0.2, 0.25) is 0 Å². The number of amides is 1. The van der Waals surface area contributed by atoms with Crippen LogP contribution in [-0.2, 0) is 19.1 Å². The summed E-state index contributed by atoms with van der Waals surface area (Å²) in [6.45, 7) is 1.46. The fourth-order valence-electron chi connectivity index (χ4n) is 1.94. The topological polar surface area (TPSA) is 81.7 Å². The summed E-state index contributed by atoms with van der Waals surface area (Å²) >= 11 is 0. The van der Waals surface area contributed by atoms with Crippen LogP contribution in [0.25, 0.3) is 0 Å². The lowest BCUT2D eigenvalue weighted by Crippen LogP contribution is -2.34. The van der Waals surface area contributed by atoms with Gasteiger partial charge in [0.25, 0.3) is 0 Å². The maximum absolute atomic E-state index is 11.4. The van der Waals surface area contributed by atoms with Crippen LogP contribution in [0.2, 0.25) is 0 Å². The molecule has 0 aromatic rings. The van der Waals surface area contributed by atoms with E-state index in [0.717, 1.165) is 25.7 Å². The number of carbonyl (C=O) groups excluding carboxylic acids is 3. The Morgan fingerprint density at radius 2 is 1.79 bits per heavy atom. The predicted molar refractivity (Wildman–Crippen MR) is 67.4 cm³/mol. The molecule has 0 radical (unpaired) electrons. The maximum Gasteiger partial charge on any atom is 0.407 e. The molecule has 1 N–H and O–H groups in total. The molecule has 0 bridgehead atoms. The molecule has 1 aliphatic carbocycles.